The number of hydrazine groups is 1. The molecule has 0 radical (unpaired) electrons. The van der Waals surface area contributed by atoms with Gasteiger partial charge >= 0.3 is 0 Å². The molecule has 0 N–H and O–H groups in total. The number of anilines is 1. The minimum atomic E-state index is 0.436. The minimum Gasteiger partial charge on any atom is -0.254 e. The normalized spacial score (nSPS) is 20.6. The van der Waals surface area contributed by atoms with Gasteiger partial charge < -0.3 is 0 Å². The van der Waals surface area contributed by atoms with Gasteiger partial charge in [0.2, 0.25) is 0 Å². The number of benzene rings is 1. The molecule has 0 aliphatic heterocycles. The van der Waals surface area contributed by atoms with Crippen LogP contribution in [0.3, 0.4) is 0 Å². The van der Waals surface area contributed by atoms with Crippen molar-refractivity contribution in [2.24, 2.45) is 11.8 Å². The van der Waals surface area contributed by atoms with Crippen molar-refractivity contribution < 1.29 is 0 Å². The van der Waals surface area contributed by atoms with Gasteiger partial charge in [-0.05, 0) is 75.8 Å². The van der Waals surface area contributed by atoms with Gasteiger partial charge in [0.15, 0.2) is 0 Å². The first-order valence-electron chi connectivity index (χ1n) is 13.6. The monoisotopic (exact) mass is 472 g/mol. The minimum absolute atomic E-state index is 0.436. The van der Waals surface area contributed by atoms with Crippen LogP contribution in [-0.2, 0) is 0 Å². The number of nitrogens with zero attached hydrogens (tertiary/aromatic N) is 2. The number of hydrogen-bond donors (Lipinski definition) is 0. The highest BCUT2D eigenvalue weighted by Gasteiger charge is 2.30. The number of hydrogen-bond acceptors (Lipinski definition) is 2. The van der Waals surface area contributed by atoms with Crippen molar-refractivity contribution in [3.63, 3.8) is 0 Å². The number of rotatable bonds is 6. The highest BCUT2D eigenvalue weighted by Crippen LogP contribution is 2.39. The Kier molecular flexibility index (Phi) is 11.4. The Balaban J connectivity index is 0.000000803. The molecule has 2 atom stereocenters. The van der Waals surface area contributed by atoms with E-state index in [9.17, 15) is 0 Å². The molecule has 0 saturated heterocycles. The van der Waals surface area contributed by atoms with Crippen molar-refractivity contribution in [1.82, 2.24) is 5.01 Å². The average molecular weight is 473 g/mol. The fraction of sp³-hybridized carbons (Fsp3) is 0.455. The fourth-order valence-electron chi connectivity index (χ4n) is 4.67. The van der Waals surface area contributed by atoms with E-state index in [0.29, 0.717) is 11.8 Å². The predicted molar refractivity (Wildman–Crippen MR) is 156 cm³/mol. The van der Waals surface area contributed by atoms with Gasteiger partial charge in [-0.3, -0.25) is 10.0 Å². The van der Waals surface area contributed by atoms with Gasteiger partial charge in [0.1, 0.15) is 0 Å². The SMILES string of the molecule is C=CC1CC=C(N(C2=CC(C)=CC2)N(C2=CCC(C)C2)c2cccc(C)c2)C=C1C.CC.CCC. The molecule has 3 aliphatic rings. The smallest absolute Gasteiger partial charge is 0.0635 e. The summed E-state index contributed by atoms with van der Waals surface area (Å²) in [6.45, 7) is 21.2. The summed E-state index contributed by atoms with van der Waals surface area (Å²) >= 11 is 0. The molecule has 0 fully saturated rings. The van der Waals surface area contributed by atoms with Gasteiger partial charge in [-0.15, -0.1) is 6.58 Å². The van der Waals surface area contributed by atoms with Gasteiger partial charge in [-0.2, -0.15) is 0 Å². The van der Waals surface area contributed by atoms with E-state index in [0.717, 1.165) is 25.7 Å². The van der Waals surface area contributed by atoms with E-state index in [4.69, 9.17) is 0 Å². The second kappa shape index (κ2) is 14.0. The van der Waals surface area contributed by atoms with E-state index in [1.54, 1.807) is 0 Å². The van der Waals surface area contributed by atoms with Crippen LogP contribution < -0.4 is 5.01 Å². The van der Waals surface area contributed by atoms with E-state index < -0.39 is 0 Å². The Bertz CT molecular complexity index is 1000. The summed E-state index contributed by atoms with van der Waals surface area (Å²) in [5.41, 5.74) is 9.25. The lowest BCUT2D eigenvalue weighted by Crippen LogP contribution is -2.41. The van der Waals surface area contributed by atoms with E-state index >= 15 is 0 Å². The van der Waals surface area contributed by atoms with E-state index in [-0.39, 0.29) is 0 Å². The third kappa shape index (κ3) is 7.37. The lowest BCUT2D eigenvalue weighted by Gasteiger charge is -2.42. The Morgan fingerprint density at radius 3 is 2.17 bits per heavy atom. The van der Waals surface area contributed by atoms with Crippen molar-refractivity contribution in [2.45, 2.75) is 87.5 Å². The van der Waals surface area contributed by atoms with Crippen LogP contribution in [0, 0.1) is 18.8 Å². The highest BCUT2D eigenvalue weighted by atomic mass is 15.6. The zero-order valence-corrected chi connectivity index (χ0v) is 23.6. The Morgan fingerprint density at radius 2 is 1.66 bits per heavy atom. The molecule has 0 saturated carbocycles. The van der Waals surface area contributed by atoms with Gasteiger partial charge in [0, 0.05) is 23.7 Å². The number of allylic oxidation sites excluding steroid dienone is 9. The Hall–Kier alpha value is -2.74. The Labute approximate surface area is 216 Å². The summed E-state index contributed by atoms with van der Waals surface area (Å²) in [7, 11) is 0. The molecule has 2 heteroatoms. The van der Waals surface area contributed by atoms with Crippen LogP contribution in [0.4, 0.5) is 5.69 Å². The maximum absolute atomic E-state index is 4.03. The maximum Gasteiger partial charge on any atom is 0.0635 e. The van der Waals surface area contributed by atoms with E-state index in [1.165, 1.54) is 45.9 Å². The van der Waals surface area contributed by atoms with Crippen LogP contribution in [0.1, 0.15) is 86.1 Å². The second-order valence-electron chi connectivity index (χ2n) is 9.79. The van der Waals surface area contributed by atoms with Gasteiger partial charge in [-0.25, -0.2) is 0 Å². The van der Waals surface area contributed by atoms with Crippen molar-refractivity contribution >= 4 is 5.69 Å². The molecule has 1 aromatic carbocycles. The molecule has 2 nitrogen and oxygen atoms in total. The van der Waals surface area contributed by atoms with Crippen molar-refractivity contribution in [2.75, 3.05) is 5.01 Å². The highest BCUT2D eigenvalue weighted by molar-refractivity contribution is 5.56. The van der Waals surface area contributed by atoms with Crippen molar-refractivity contribution in [3.05, 3.63) is 101 Å². The summed E-state index contributed by atoms with van der Waals surface area (Å²) in [5.74, 6) is 1.13. The summed E-state index contributed by atoms with van der Waals surface area (Å²) < 4.78 is 0. The zero-order chi connectivity index (χ0) is 26.0. The van der Waals surface area contributed by atoms with Crippen LogP contribution in [0.25, 0.3) is 0 Å². The first-order chi connectivity index (χ1) is 16.9. The first kappa shape index (κ1) is 28.5. The standard InChI is InChI=1S/C28H34N2.C3H8.C2H6/c1-6-24-12-15-28(19-23(24)5)30(27-14-11-22(4)18-27)29(26-13-10-21(3)17-26)25-9-7-8-20(2)16-25;1-3-2;1-2/h6-9,11,13,15-16,18-19,21,24H,1,10,12,14,17H2,2-5H3;3H2,1-2H3;1-2H3. The summed E-state index contributed by atoms with van der Waals surface area (Å²) in [6, 6.07) is 8.90. The second-order valence-corrected chi connectivity index (χ2v) is 9.79. The van der Waals surface area contributed by atoms with E-state index in [2.05, 4.69) is 119 Å². The molecule has 1 aromatic rings. The third-order valence-corrected chi connectivity index (χ3v) is 6.40. The molecule has 0 aromatic heterocycles. The molecule has 0 heterocycles. The predicted octanol–water partition coefficient (Wildman–Crippen LogP) is 10.0. The molecule has 4 rings (SSSR count). The van der Waals surface area contributed by atoms with Gasteiger partial charge in [0.25, 0.3) is 0 Å². The molecule has 190 valence electrons. The van der Waals surface area contributed by atoms with Crippen LogP contribution in [0.2, 0.25) is 0 Å². The topological polar surface area (TPSA) is 6.48 Å². The molecule has 2 unspecified atom stereocenters. The van der Waals surface area contributed by atoms with Crippen LogP contribution in [0.15, 0.2) is 95.5 Å². The molecular weight excluding hydrogens is 424 g/mol. The fourth-order valence-corrected chi connectivity index (χ4v) is 4.67. The molecule has 0 bridgehead atoms. The Morgan fingerprint density at radius 1 is 0.943 bits per heavy atom. The van der Waals surface area contributed by atoms with Gasteiger partial charge in [0.05, 0.1) is 11.4 Å². The van der Waals surface area contributed by atoms with Gasteiger partial charge in [-0.1, -0.05) is 88.6 Å². The van der Waals surface area contributed by atoms with Crippen LogP contribution in [-0.4, -0.2) is 5.01 Å². The first-order valence-corrected chi connectivity index (χ1v) is 13.6. The molecule has 35 heavy (non-hydrogen) atoms. The quantitative estimate of drug-likeness (QED) is 0.300. The maximum atomic E-state index is 4.03. The summed E-state index contributed by atoms with van der Waals surface area (Å²) in [5, 5.41) is 4.94. The largest absolute Gasteiger partial charge is 0.254 e. The summed E-state index contributed by atoms with van der Waals surface area (Å²) in [6.07, 6.45) is 19.4. The van der Waals surface area contributed by atoms with Crippen LogP contribution in [0.5, 0.6) is 0 Å². The lowest BCUT2D eigenvalue weighted by molar-refractivity contribution is 0.409. The molecular formula is C33H48N2. The van der Waals surface area contributed by atoms with E-state index in [1.807, 2.05) is 13.8 Å². The lowest BCUT2D eigenvalue weighted by atomic mass is 9.91. The third-order valence-electron chi connectivity index (χ3n) is 6.40. The van der Waals surface area contributed by atoms with Crippen molar-refractivity contribution in [3.8, 4) is 0 Å². The van der Waals surface area contributed by atoms with Crippen molar-refractivity contribution in [1.29, 1.82) is 0 Å². The molecule has 3 aliphatic carbocycles. The zero-order valence-electron chi connectivity index (χ0n) is 23.6. The number of aryl methyl sites for hydroxylation is 1. The van der Waals surface area contributed by atoms with Crippen LogP contribution >= 0.6 is 0 Å². The summed E-state index contributed by atoms with van der Waals surface area (Å²) in [4.78, 5) is 0. The molecule has 0 amide bonds. The molecule has 0 spiro atoms. The average Bonchev–Trinajstić information content (AvgIpc) is 3.47.